The van der Waals surface area contributed by atoms with E-state index in [0.29, 0.717) is 31.5 Å². The number of piperidine rings is 1. The van der Waals surface area contributed by atoms with Crippen LogP contribution in [0.5, 0.6) is 0 Å². The zero-order chi connectivity index (χ0) is 16.2. The van der Waals surface area contributed by atoms with Gasteiger partial charge in [0, 0.05) is 24.6 Å². The zero-order valence-corrected chi connectivity index (χ0v) is 12.8. The molecule has 0 aromatic heterocycles. The van der Waals surface area contributed by atoms with Crippen molar-refractivity contribution < 1.29 is 14.7 Å². The van der Waals surface area contributed by atoms with Crippen LogP contribution in [0, 0.1) is 5.92 Å². The van der Waals surface area contributed by atoms with E-state index in [1.807, 2.05) is 54.6 Å². The number of carbonyl (C=O) groups excluding carboxylic acids is 1. The predicted octanol–water partition coefficient (Wildman–Crippen LogP) is 3.93. The third-order valence-electron chi connectivity index (χ3n) is 4.41. The molecular formula is C19H19NO3. The number of benzene rings is 2. The highest BCUT2D eigenvalue weighted by atomic mass is 16.4. The molecule has 2 aromatic rings. The van der Waals surface area contributed by atoms with Crippen molar-refractivity contribution in [3.63, 3.8) is 0 Å². The van der Waals surface area contributed by atoms with Gasteiger partial charge in [-0.25, -0.2) is 4.79 Å². The lowest BCUT2D eigenvalue weighted by atomic mass is 9.88. The minimum atomic E-state index is -0.900. The molecule has 1 fully saturated rings. The molecule has 1 heterocycles. The quantitative estimate of drug-likeness (QED) is 0.874. The van der Waals surface area contributed by atoms with E-state index < -0.39 is 6.09 Å². The normalized spacial score (nSPS) is 15.4. The first-order valence-corrected chi connectivity index (χ1v) is 7.83. The first-order valence-electron chi connectivity index (χ1n) is 7.83. The third kappa shape index (κ3) is 3.42. The van der Waals surface area contributed by atoms with Crippen molar-refractivity contribution in [3.05, 3.63) is 60.2 Å². The Bertz CT molecular complexity index is 686. The SMILES string of the molecule is O=C(c1ccc(-c2ccccc2)cc1)C1CCN(C(=O)O)CC1. The van der Waals surface area contributed by atoms with Crippen LogP contribution < -0.4 is 0 Å². The van der Waals surface area contributed by atoms with Gasteiger partial charge in [0.1, 0.15) is 0 Å². The van der Waals surface area contributed by atoms with E-state index in [1.54, 1.807) is 0 Å². The fraction of sp³-hybridized carbons (Fsp3) is 0.263. The number of likely N-dealkylation sites (tertiary alicyclic amines) is 1. The fourth-order valence-electron chi connectivity index (χ4n) is 3.03. The van der Waals surface area contributed by atoms with Gasteiger partial charge in [-0.15, -0.1) is 0 Å². The highest BCUT2D eigenvalue weighted by Gasteiger charge is 2.27. The average Bonchev–Trinajstić information content (AvgIpc) is 2.62. The van der Waals surface area contributed by atoms with Gasteiger partial charge in [-0.1, -0.05) is 54.6 Å². The summed E-state index contributed by atoms with van der Waals surface area (Å²) in [6.07, 6.45) is 0.306. The minimum absolute atomic E-state index is 0.0758. The molecule has 3 rings (SSSR count). The van der Waals surface area contributed by atoms with Gasteiger partial charge in [-0.05, 0) is 24.0 Å². The predicted molar refractivity (Wildman–Crippen MR) is 88.5 cm³/mol. The number of carboxylic acid groups (broad SMARTS) is 1. The van der Waals surface area contributed by atoms with E-state index in [-0.39, 0.29) is 11.7 Å². The number of amides is 1. The smallest absolute Gasteiger partial charge is 0.407 e. The molecule has 1 N–H and O–H groups in total. The van der Waals surface area contributed by atoms with Crippen molar-refractivity contribution in [1.29, 1.82) is 0 Å². The second-order valence-corrected chi connectivity index (χ2v) is 5.85. The van der Waals surface area contributed by atoms with Gasteiger partial charge < -0.3 is 10.0 Å². The molecule has 118 valence electrons. The van der Waals surface area contributed by atoms with E-state index in [9.17, 15) is 9.59 Å². The summed E-state index contributed by atoms with van der Waals surface area (Å²) in [6, 6.07) is 17.7. The molecule has 4 heteroatoms. The summed E-state index contributed by atoms with van der Waals surface area (Å²) in [6.45, 7) is 0.877. The lowest BCUT2D eigenvalue weighted by Crippen LogP contribution is -2.39. The molecule has 0 radical (unpaired) electrons. The zero-order valence-electron chi connectivity index (χ0n) is 12.8. The van der Waals surface area contributed by atoms with E-state index in [1.165, 1.54) is 4.90 Å². The number of rotatable bonds is 3. The monoisotopic (exact) mass is 309 g/mol. The van der Waals surface area contributed by atoms with Crippen LogP contribution in [0.3, 0.4) is 0 Å². The van der Waals surface area contributed by atoms with Gasteiger partial charge in [0.05, 0.1) is 0 Å². The number of ketones is 1. The first-order chi connectivity index (χ1) is 11.1. The van der Waals surface area contributed by atoms with Crippen LogP contribution in [0.2, 0.25) is 0 Å². The van der Waals surface area contributed by atoms with E-state index in [4.69, 9.17) is 5.11 Å². The van der Waals surface area contributed by atoms with Crippen molar-refractivity contribution in [2.24, 2.45) is 5.92 Å². The van der Waals surface area contributed by atoms with Crippen molar-refractivity contribution >= 4 is 11.9 Å². The lowest BCUT2D eigenvalue weighted by Gasteiger charge is -2.29. The molecule has 23 heavy (non-hydrogen) atoms. The van der Waals surface area contributed by atoms with E-state index in [2.05, 4.69) is 0 Å². The molecule has 0 bridgehead atoms. The Morgan fingerprint density at radius 3 is 2.00 bits per heavy atom. The Morgan fingerprint density at radius 1 is 0.870 bits per heavy atom. The molecule has 0 unspecified atom stereocenters. The molecule has 0 atom stereocenters. The van der Waals surface area contributed by atoms with Crippen LogP contribution in [-0.2, 0) is 0 Å². The van der Waals surface area contributed by atoms with Gasteiger partial charge in [0.15, 0.2) is 5.78 Å². The summed E-state index contributed by atoms with van der Waals surface area (Å²) in [4.78, 5) is 24.8. The summed E-state index contributed by atoms with van der Waals surface area (Å²) in [7, 11) is 0. The van der Waals surface area contributed by atoms with Crippen LogP contribution in [-0.4, -0.2) is 35.0 Å². The van der Waals surface area contributed by atoms with Gasteiger partial charge in [-0.3, -0.25) is 4.79 Å². The average molecular weight is 309 g/mol. The van der Waals surface area contributed by atoms with Crippen molar-refractivity contribution in [2.75, 3.05) is 13.1 Å². The Hall–Kier alpha value is -2.62. The highest BCUT2D eigenvalue weighted by Crippen LogP contribution is 2.24. The molecule has 4 nitrogen and oxygen atoms in total. The fourth-order valence-corrected chi connectivity index (χ4v) is 3.03. The maximum Gasteiger partial charge on any atom is 0.407 e. The summed E-state index contributed by atoms with van der Waals surface area (Å²) in [5.41, 5.74) is 2.92. The summed E-state index contributed by atoms with van der Waals surface area (Å²) in [5.74, 6) is 0.0443. The molecular weight excluding hydrogens is 290 g/mol. The molecule has 1 aliphatic heterocycles. The maximum absolute atomic E-state index is 12.6. The Morgan fingerprint density at radius 2 is 1.43 bits per heavy atom. The number of nitrogens with zero attached hydrogens (tertiary/aromatic N) is 1. The molecule has 1 aliphatic rings. The maximum atomic E-state index is 12.6. The van der Waals surface area contributed by atoms with Crippen LogP contribution in [0.1, 0.15) is 23.2 Å². The Labute approximate surface area is 135 Å². The molecule has 0 spiro atoms. The van der Waals surface area contributed by atoms with E-state index >= 15 is 0 Å². The first kappa shape index (κ1) is 15.3. The van der Waals surface area contributed by atoms with Crippen LogP contribution >= 0.6 is 0 Å². The largest absolute Gasteiger partial charge is 0.465 e. The lowest BCUT2D eigenvalue weighted by molar-refractivity contribution is 0.0821. The van der Waals surface area contributed by atoms with Crippen LogP contribution in [0.15, 0.2) is 54.6 Å². The molecule has 1 amide bonds. The van der Waals surface area contributed by atoms with Crippen LogP contribution in [0.4, 0.5) is 4.79 Å². The van der Waals surface area contributed by atoms with Crippen LogP contribution in [0.25, 0.3) is 11.1 Å². The molecule has 0 aliphatic carbocycles. The van der Waals surface area contributed by atoms with Gasteiger partial charge in [0.25, 0.3) is 0 Å². The van der Waals surface area contributed by atoms with Gasteiger partial charge >= 0.3 is 6.09 Å². The summed E-state index contributed by atoms with van der Waals surface area (Å²) >= 11 is 0. The third-order valence-corrected chi connectivity index (χ3v) is 4.41. The van der Waals surface area contributed by atoms with Crippen molar-refractivity contribution in [2.45, 2.75) is 12.8 Å². The number of hydrogen-bond acceptors (Lipinski definition) is 2. The minimum Gasteiger partial charge on any atom is -0.465 e. The Balaban J connectivity index is 1.68. The van der Waals surface area contributed by atoms with Crippen molar-refractivity contribution in [1.82, 2.24) is 4.90 Å². The van der Waals surface area contributed by atoms with Gasteiger partial charge in [-0.2, -0.15) is 0 Å². The molecule has 2 aromatic carbocycles. The van der Waals surface area contributed by atoms with E-state index in [0.717, 1.165) is 11.1 Å². The van der Waals surface area contributed by atoms with Crippen molar-refractivity contribution in [3.8, 4) is 11.1 Å². The highest BCUT2D eigenvalue weighted by molar-refractivity contribution is 5.98. The summed E-state index contributed by atoms with van der Waals surface area (Å²) < 4.78 is 0. The number of Topliss-reactive ketones (excluding diaryl/α,β-unsaturated/α-hetero) is 1. The summed E-state index contributed by atoms with van der Waals surface area (Å²) in [5, 5.41) is 8.96. The second kappa shape index (κ2) is 6.65. The topological polar surface area (TPSA) is 57.6 Å². The Kier molecular flexibility index (Phi) is 4.42. The molecule has 1 saturated heterocycles. The standard InChI is InChI=1S/C19H19NO3/c21-18(17-10-12-20(13-11-17)19(22)23)16-8-6-15(7-9-16)14-4-2-1-3-5-14/h1-9,17H,10-13H2,(H,22,23). The molecule has 0 saturated carbocycles. The number of carbonyl (C=O) groups is 2. The number of hydrogen-bond donors (Lipinski definition) is 1. The second-order valence-electron chi connectivity index (χ2n) is 5.85. The van der Waals surface area contributed by atoms with Gasteiger partial charge in [0.2, 0.25) is 0 Å².